The van der Waals surface area contributed by atoms with E-state index in [2.05, 4.69) is 0 Å². The van der Waals surface area contributed by atoms with Crippen LogP contribution < -0.4 is 5.73 Å². The smallest absolute Gasteiger partial charge is 0.404 e. The minimum Gasteiger partial charge on any atom is -0.508 e. The van der Waals surface area contributed by atoms with Crippen LogP contribution in [-0.4, -0.2) is 23.9 Å². The summed E-state index contributed by atoms with van der Waals surface area (Å²) < 4.78 is 10.3. The molecule has 0 radical (unpaired) electrons. The van der Waals surface area contributed by atoms with Gasteiger partial charge in [0.15, 0.2) is 5.60 Å². The third-order valence-corrected chi connectivity index (χ3v) is 2.76. The molecule has 0 aliphatic carbocycles. The third kappa shape index (κ3) is 1.81. The minimum atomic E-state index is -0.818. The van der Waals surface area contributed by atoms with E-state index < -0.39 is 17.8 Å². The van der Waals surface area contributed by atoms with Crippen molar-refractivity contribution in [3.63, 3.8) is 0 Å². The summed E-state index contributed by atoms with van der Waals surface area (Å²) in [4.78, 5) is 10.7. The predicted octanol–water partition coefficient (Wildman–Crippen LogP) is 1.10. The van der Waals surface area contributed by atoms with Gasteiger partial charge in [0.25, 0.3) is 0 Å². The van der Waals surface area contributed by atoms with Gasteiger partial charge in [-0.1, -0.05) is 12.1 Å². The Bertz CT molecular complexity index is 397. The highest BCUT2D eigenvalue weighted by Crippen LogP contribution is 2.43. The Morgan fingerprint density at radius 1 is 1.56 bits per heavy atom. The molecular formula is C11H13NO4. The first-order valence-corrected chi connectivity index (χ1v) is 4.94. The van der Waals surface area contributed by atoms with Gasteiger partial charge >= 0.3 is 6.09 Å². The van der Waals surface area contributed by atoms with Crippen LogP contribution in [-0.2, 0) is 15.1 Å². The van der Waals surface area contributed by atoms with Crippen LogP contribution in [0.5, 0.6) is 5.75 Å². The van der Waals surface area contributed by atoms with Crippen molar-refractivity contribution >= 4 is 6.09 Å². The van der Waals surface area contributed by atoms with E-state index in [0.717, 1.165) is 5.56 Å². The van der Waals surface area contributed by atoms with Gasteiger partial charge in [-0.05, 0) is 24.6 Å². The molecule has 1 saturated heterocycles. The number of rotatable bonds is 3. The molecule has 5 nitrogen and oxygen atoms in total. The number of carbonyl (C=O) groups excluding carboxylic acids is 1. The second kappa shape index (κ2) is 3.68. The van der Waals surface area contributed by atoms with Crippen LogP contribution >= 0.6 is 0 Å². The molecule has 5 heteroatoms. The van der Waals surface area contributed by atoms with Crippen LogP contribution in [0.15, 0.2) is 24.3 Å². The van der Waals surface area contributed by atoms with Gasteiger partial charge in [-0.2, -0.15) is 0 Å². The van der Waals surface area contributed by atoms with E-state index in [-0.39, 0.29) is 5.75 Å². The average Bonchev–Trinajstić information content (AvgIpc) is 2.98. The van der Waals surface area contributed by atoms with Gasteiger partial charge in [-0.15, -0.1) is 0 Å². The molecule has 86 valence electrons. The second-order valence-corrected chi connectivity index (χ2v) is 3.80. The number of amides is 1. The van der Waals surface area contributed by atoms with Gasteiger partial charge in [0.2, 0.25) is 0 Å². The third-order valence-electron chi connectivity index (χ3n) is 2.76. The van der Waals surface area contributed by atoms with Crippen LogP contribution in [0, 0.1) is 0 Å². The zero-order valence-corrected chi connectivity index (χ0v) is 8.84. The largest absolute Gasteiger partial charge is 0.508 e. The molecule has 1 aromatic carbocycles. The van der Waals surface area contributed by atoms with Crippen molar-refractivity contribution in [1.82, 2.24) is 0 Å². The van der Waals surface area contributed by atoms with Gasteiger partial charge in [0.05, 0.1) is 6.61 Å². The zero-order chi connectivity index (χ0) is 11.8. The lowest BCUT2D eigenvalue weighted by Gasteiger charge is -2.19. The number of hydrogen-bond acceptors (Lipinski definition) is 4. The van der Waals surface area contributed by atoms with Crippen molar-refractivity contribution in [1.29, 1.82) is 0 Å². The number of primary amides is 1. The van der Waals surface area contributed by atoms with Gasteiger partial charge in [0, 0.05) is 0 Å². The molecule has 1 aliphatic heterocycles. The zero-order valence-electron chi connectivity index (χ0n) is 8.84. The first-order chi connectivity index (χ1) is 7.54. The molecule has 3 N–H and O–H groups in total. The molecule has 1 aromatic rings. The standard InChI is InChI=1S/C11H13NO4/c1-7(16-10(12)14)11(6-15-11)8-2-4-9(13)5-3-8/h2-5,7,13H,6H2,1H3,(H2,12,14)/t7-,11-/m0/s1. The quantitative estimate of drug-likeness (QED) is 0.751. The van der Waals surface area contributed by atoms with Gasteiger partial charge in [0.1, 0.15) is 11.9 Å². The summed E-state index contributed by atoms with van der Waals surface area (Å²) in [5.74, 6) is 0.183. The Morgan fingerprint density at radius 2 is 2.12 bits per heavy atom. The molecule has 0 saturated carbocycles. The molecule has 2 atom stereocenters. The maximum atomic E-state index is 10.7. The van der Waals surface area contributed by atoms with E-state index in [9.17, 15) is 9.90 Å². The molecule has 1 heterocycles. The van der Waals surface area contributed by atoms with Crippen molar-refractivity contribution in [3.05, 3.63) is 29.8 Å². The summed E-state index contributed by atoms with van der Waals surface area (Å²) in [7, 11) is 0. The Labute approximate surface area is 92.8 Å². The minimum absolute atomic E-state index is 0.183. The molecule has 0 spiro atoms. The van der Waals surface area contributed by atoms with Crippen molar-refractivity contribution in [3.8, 4) is 5.75 Å². The van der Waals surface area contributed by atoms with Crippen molar-refractivity contribution in [2.75, 3.05) is 6.61 Å². The molecule has 2 rings (SSSR count). The predicted molar refractivity (Wildman–Crippen MR) is 55.9 cm³/mol. The van der Waals surface area contributed by atoms with Crippen LogP contribution in [0.25, 0.3) is 0 Å². The number of epoxide rings is 1. The molecule has 1 aliphatic rings. The molecule has 1 amide bonds. The number of phenolic OH excluding ortho intramolecular Hbond substituents is 1. The maximum Gasteiger partial charge on any atom is 0.404 e. The lowest BCUT2D eigenvalue weighted by atomic mass is 9.95. The van der Waals surface area contributed by atoms with Crippen molar-refractivity contribution in [2.45, 2.75) is 18.6 Å². The van der Waals surface area contributed by atoms with Gasteiger partial charge < -0.3 is 20.3 Å². The topological polar surface area (TPSA) is 85.1 Å². The lowest BCUT2D eigenvalue weighted by molar-refractivity contribution is 0.0580. The molecule has 1 fully saturated rings. The Morgan fingerprint density at radius 3 is 2.56 bits per heavy atom. The van der Waals surface area contributed by atoms with Crippen LogP contribution in [0.4, 0.5) is 4.79 Å². The second-order valence-electron chi connectivity index (χ2n) is 3.80. The highest BCUT2D eigenvalue weighted by atomic mass is 16.6. The summed E-state index contributed by atoms with van der Waals surface area (Å²) >= 11 is 0. The molecule has 0 aromatic heterocycles. The van der Waals surface area contributed by atoms with E-state index in [4.69, 9.17) is 15.2 Å². The van der Waals surface area contributed by atoms with E-state index >= 15 is 0 Å². The average molecular weight is 223 g/mol. The fraction of sp³-hybridized carbons (Fsp3) is 0.364. The molecule has 0 bridgehead atoms. The summed E-state index contributed by atoms with van der Waals surface area (Å²) in [5, 5.41) is 9.18. The van der Waals surface area contributed by atoms with E-state index in [0.29, 0.717) is 6.61 Å². The number of benzene rings is 1. The lowest BCUT2D eigenvalue weighted by Crippen LogP contribution is -2.32. The highest BCUT2D eigenvalue weighted by molar-refractivity contribution is 5.65. The normalized spacial score (nSPS) is 24.8. The molecule has 0 unspecified atom stereocenters. The van der Waals surface area contributed by atoms with Crippen molar-refractivity contribution in [2.24, 2.45) is 5.73 Å². The fourth-order valence-corrected chi connectivity index (χ4v) is 1.73. The Hall–Kier alpha value is -1.75. The monoisotopic (exact) mass is 223 g/mol. The van der Waals surface area contributed by atoms with Crippen LogP contribution in [0.3, 0.4) is 0 Å². The van der Waals surface area contributed by atoms with Crippen LogP contribution in [0.2, 0.25) is 0 Å². The maximum absolute atomic E-state index is 10.7. The Kier molecular flexibility index (Phi) is 2.47. The summed E-state index contributed by atoms with van der Waals surface area (Å²) in [6.07, 6.45) is -1.27. The first-order valence-electron chi connectivity index (χ1n) is 4.94. The number of nitrogens with two attached hydrogens (primary N) is 1. The van der Waals surface area contributed by atoms with E-state index in [1.807, 2.05) is 0 Å². The van der Waals surface area contributed by atoms with Crippen LogP contribution in [0.1, 0.15) is 12.5 Å². The fourth-order valence-electron chi connectivity index (χ4n) is 1.73. The summed E-state index contributed by atoms with van der Waals surface area (Å²) in [5.41, 5.74) is 5.22. The highest BCUT2D eigenvalue weighted by Gasteiger charge is 2.53. The van der Waals surface area contributed by atoms with Gasteiger partial charge in [-0.3, -0.25) is 0 Å². The van der Waals surface area contributed by atoms with E-state index in [1.54, 1.807) is 31.2 Å². The SMILES string of the molecule is C[C@H](OC(N)=O)[C@]1(c2ccc(O)cc2)CO1. The number of hydrogen-bond donors (Lipinski definition) is 2. The number of phenols is 1. The molecule has 16 heavy (non-hydrogen) atoms. The number of ether oxygens (including phenoxy) is 2. The van der Waals surface area contributed by atoms with Gasteiger partial charge in [-0.25, -0.2) is 4.79 Å². The number of carbonyl (C=O) groups is 1. The van der Waals surface area contributed by atoms with E-state index in [1.165, 1.54) is 0 Å². The summed E-state index contributed by atoms with van der Waals surface area (Å²) in [6, 6.07) is 6.61. The first kappa shape index (κ1) is 10.8. The Balaban J connectivity index is 2.19. The molecular weight excluding hydrogens is 210 g/mol. The van der Waals surface area contributed by atoms with Crippen molar-refractivity contribution < 1.29 is 19.4 Å². The number of aromatic hydroxyl groups is 1. The summed E-state index contributed by atoms with van der Waals surface area (Å²) in [6.45, 7) is 2.21.